The molecule has 1 fully saturated rings. The molecule has 0 aliphatic carbocycles. The molecular weight excluding hydrogens is 262 g/mol. The van der Waals surface area contributed by atoms with Gasteiger partial charge in [-0.3, -0.25) is 4.79 Å². The molecule has 2 rings (SSSR count). The summed E-state index contributed by atoms with van der Waals surface area (Å²) < 4.78 is 5.39. The summed E-state index contributed by atoms with van der Waals surface area (Å²) in [4.78, 5) is 15.5. The van der Waals surface area contributed by atoms with Crippen LogP contribution in [0.4, 0.5) is 0 Å². The summed E-state index contributed by atoms with van der Waals surface area (Å²) >= 11 is 0. The third-order valence-electron chi connectivity index (χ3n) is 3.26. The minimum absolute atomic E-state index is 0.121. The first-order valence-electron chi connectivity index (χ1n) is 6.16. The fraction of sp³-hybridized carbons (Fsp3) is 0.462. The van der Waals surface area contributed by atoms with Crippen molar-refractivity contribution >= 4 is 11.7 Å². The second-order valence-corrected chi connectivity index (χ2v) is 4.61. The first-order valence-corrected chi connectivity index (χ1v) is 6.16. The van der Waals surface area contributed by atoms with Crippen LogP contribution in [0.5, 0.6) is 0 Å². The molecule has 4 atom stereocenters. The minimum Gasteiger partial charge on any atom is -0.394 e. The van der Waals surface area contributed by atoms with Gasteiger partial charge in [0, 0.05) is 5.57 Å². The van der Waals surface area contributed by atoms with Crippen molar-refractivity contribution in [2.45, 2.75) is 24.7 Å². The van der Waals surface area contributed by atoms with Crippen LogP contribution in [0, 0.1) is 17.2 Å². The summed E-state index contributed by atoms with van der Waals surface area (Å²) in [6, 6.07) is 1.94. The van der Waals surface area contributed by atoms with Gasteiger partial charge in [-0.05, 0) is 18.6 Å². The SMILES string of the molecule is N#C[C@@H]1C(/C=C2/CC=CC(N)=NC2=O)O[C@H](CO)[C@H]1O. The quantitative estimate of drug-likeness (QED) is 0.556. The van der Waals surface area contributed by atoms with E-state index in [1.54, 1.807) is 6.08 Å². The van der Waals surface area contributed by atoms with Crippen LogP contribution in [0.15, 0.2) is 28.8 Å². The average Bonchev–Trinajstić information content (AvgIpc) is 2.62. The van der Waals surface area contributed by atoms with E-state index in [2.05, 4.69) is 4.99 Å². The number of amidine groups is 1. The van der Waals surface area contributed by atoms with Crippen molar-refractivity contribution in [3.63, 3.8) is 0 Å². The summed E-state index contributed by atoms with van der Waals surface area (Å²) in [7, 11) is 0. The van der Waals surface area contributed by atoms with Crippen LogP contribution < -0.4 is 5.73 Å². The largest absolute Gasteiger partial charge is 0.394 e. The van der Waals surface area contributed by atoms with Crippen LogP contribution in [0.1, 0.15) is 6.42 Å². The molecule has 7 nitrogen and oxygen atoms in total. The lowest BCUT2D eigenvalue weighted by Gasteiger charge is -2.10. The van der Waals surface area contributed by atoms with Crippen LogP contribution in [0.3, 0.4) is 0 Å². The van der Waals surface area contributed by atoms with Crippen LogP contribution >= 0.6 is 0 Å². The Morgan fingerprint density at radius 2 is 2.40 bits per heavy atom. The van der Waals surface area contributed by atoms with Gasteiger partial charge in [-0.2, -0.15) is 10.3 Å². The molecule has 2 aliphatic rings. The summed E-state index contributed by atoms with van der Waals surface area (Å²) in [5.74, 6) is -1.20. The zero-order valence-corrected chi connectivity index (χ0v) is 10.6. The molecule has 2 heterocycles. The maximum Gasteiger partial charge on any atom is 0.274 e. The second-order valence-electron chi connectivity index (χ2n) is 4.61. The van der Waals surface area contributed by atoms with E-state index in [1.807, 2.05) is 6.07 Å². The summed E-state index contributed by atoms with van der Waals surface area (Å²) in [6.45, 7) is -0.391. The molecule has 1 saturated heterocycles. The zero-order valence-electron chi connectivity index (χ0n) is 10.6. The molecule has 0 spiro atoms. The van der Waals surface area contributed by atoms with E-state index in [-0.39, 0.29) is 5.84 Å². The number of hydrogen-bond donors (Lipinski definition) is 3. The normalized spacial score (nSPS) is 35.8. The Morgan fingerprint density at radius 3 is 3.05 bits per heavy atom. The number of nitriles is 1. The Morgan fingerprint density at radius 1 is 1.65 bits per heavy atom. The molecule has 0 radical (unpaired) electrons. The highest BCUT2D eigenvalue weighted by atomic mass is 16.5. The number of carbonyl (C=O) groups excluding carboxylic acids is 1. The fourth-order valence-corrected chi connectivity index (χ4v) is 2.19. The molecule has 20 heavy (non-hydrogen) atoms. The first kappa shape index (κ1) is 14.4. The highest BCUT2D eigenvalue weighted by Crippen LogP contribution is 2.29. The Labute approximate surface area is 115 Å². The van der Waals surface area contributed by atoms with Crippen molar-refractivity contribution in [2.75, 3.05) is 6.61 Å². The van der Waals surface area contributed by atoms with Gasteiger partial charge in [-0.15, -0.1) is 0 Å². The Bertz CT molecular complexity index is 532. The fourth-order valence-electron chi connectivity index (χ4n) is 2.19. The lowest BCUT2D eigenvalue weighted by atomic mass is 9.95. The molecule has 0 aromatic carbocycles. The van der Waals surface area contributed by atoms with Crippen molar-refractivity contribution in [3.05, 3.63) is 23.8 Å². The van der Waals surface area contributed by atoms with Gasteiger partial charge in [-0.1, -0.05) is 6.08 Å². The van der Waals surface area contributed by atoms with E-state index in [9.17, 15) is 9.90 Å². The predicted molar refractivity (Wildman–Crippen MR) is 69.3 cm³/mol. The van der Waals surface area contributed by atoms with Gasteiger partial charge in [0.25, 0.3) is 5.91 Å². The molecule has 2 aliphatic heterocycles. The van der Waals surface area contributed by atoms with Gasteiger partial charge in [0.1, 0.15) is 24.0 Å². The van der Waals surface area contributed by atoms with Crippen LogP contribution in [0.2, 0.25) is 0 Å². The van der Waals surface area contributed by atoms with Gasteiger partial charge < -0.3 is 20.7 Å². The number of nitrogens with two attached hydrogens (primary N) is 1. The van der Waals surface area contributed by atoms with Gasteiger partial charge >= 0.3 is 0 Å². The predicted octanol–water partition coefficient (Wildman–Crippen LogP) is -0.983. The molecule has 0 aromatic rings. The van der Waals surface area contributed by atoms with E-state index in [4.69, 9.17) is 20.8 Å². The summed E-state index contributed by atoms with van der Waals surface area (Å²) in [5.41, 5.74) is 5.82. The standard InChI is InChI=1S/C13H15N3O4/c14-5-8-9(20-10(6-17)12(8)18)4-7-2-1-3-11(15)16-13(7)19/h1,3-4,8-10,12,17-18H,2,6H2,(H2,15,16,19)/b7-4-/t8-,9?,10-,12+/m1/s1. The second kappa shape index (κ2) is 5.96. The number of aliphatic hydroxyl groups is 2. The molecule has 7 heteroatoms. The number of rotatable bonds is 2. The summed E-state index contributed by atoms with van der Waals surface area (Å²) in [5, 5.41) is 28.0. The minimum atomic E-state index is -1.09. The van der Waals surface area contributed by atoms with E-state index in [1.165, 1.54) is 12.2 Å². The van der Waals surface area contributed by atoms with Gasteiger partial charge in [0.2, 0.25) is 0 Å². The topological polar surface area (TPSA) is 129 Å². The van der Waals surface area contributed by atoms with Crippen LogP contribution in [-0.2, 0) is 9.53 Å². The van der Waals surface area contributed by atoms with Crippen molar-refractivity contribution in [2.24, 2.45) is 16.6 Å². The summed E-state index contributed by atoms with van der Waals surface area (Å²) in [6.07, 6.45) is 2.34. The molecule has 1 unspecified atom stereocenters. The van der Waals surface area contributed by atoms with E-state index >= 15 is 0 Å². The van der Waals surface area contributed by atoms with E-state index in [0.717, 1.165) is 0 Å². The Hall–Kier alpha value is -2.01. The van der Waals surface area contributed by atoms with Gasteiger partial charge in [-0.25, -0.2) is 0 Å². The third-order valence-corrected chi connectivity index (χ3v) is 3.26. The third kappa shape index (κ3) is 2.77. The van der Waals surface area contributed by atoms with Crippen molar-refractivity contribution in [3.8, 4) is 6.07 Å². The van der Waals surface area contributed by atoms with E-state index < -0.39 is 36.7 Å². The van der Waals surface area contributed by atoms with E-state index in [0.29, 0.717) is 12.0 Å². The number of allylic oxidation sites excluding steroid dienone is 1. The lowest BCUT2D eigenvalue weighted by Crippen LogP contribution is -2.28. The number of ether oxygens (including phenoxy) is 1. The number of aliphatic hydroxyl groups excluding tert-OH is 2. The van der Waals surface area contributed by atoms with Crippen molar-refractivity contribution in [1.82, 2.24) is 0 Å². The number of carbonyl (C=O) groups is 1. The lowest BCUT2D eigenvalue weighted by molar-refractivity contribution is -0.114. The molecule has 1 amide bonds. The maximum absolute atomic E-state index is 11.8. The van der Waals surface area contributed by atoms with Gasteiger partial charge in [0.15, 0.2) is 0 Å². The average molecular weight is 277 g/mol. The number of hydrogen-bond acceptors (Lipinski definition) is 6. The molecular formula is C13H15N3O4. The molecule has 4 N–H and O–H groups in total. The number of aliphatic imine (C=N–C) groups is 1. The van der Waals surface area contributed by atoms with Gasteiger partial charge in [0.05, 0.1) is 18.8 Å². The maximum atomic E-state index is 11.8. The number of nitrogens with zero attached hydrogens (tertiary/aromatic N) is 2. The number of amides is 1. The Balaban J connectivity index is 2.24. The van der Waals surface area contributed by atoms with Crippen LogP contribution in [-0.4, -0.2) is 46.9 Å². The highest BCUT2D eigenvalue weighted by molar-refractivity contribution is 6.07. The first-order chi connectivity index (χ1) is 9.56. The highest BCUT2D eigenvalue weighted by Gasteiger charge is 2.42. The van der Waals surface area contributed by atoms with Crippen LogP contribution in [0.25, 0.3) is 0 Å². The molecule has 0 bridgehead atoms. The monoisotopic (exact) mass is 277 g/mol. The zero-order chi connectivity index (χ0) is 14.7. The smallest absolute Gasteiger partial charge is 0.274 e. The van der Waals surface area contributed by atoms with Crippen molar-refractivity contribution < 1.29 is 19.7 Å². The Kier molecular flexibility index (Phi) is 4.29. The molecule has 0 aromatic heterocycles. The van der Waals surface area contributed by atoms with Crippen molar-refractivity contribution in [1.29, 1.82) is 5.26 Å². The molecule has 0 saturated carbocycles. The molecule has 106 valence electrons.